The molecule has 1 heterocycles. The summed E-state index contributed by atoms with van der Waals surface area (Å²) in [5, 5.41) is 9.10. The molecule has 0 amide bonds. The lowest BCUT2D eigenvalue weighted by Gasteiger charge is -2.32. The average molecular weight is 289 g/mol. The minimum absolute atomic E-state index is 0.119. The predicted molar refractivity (Wildman–Crippen MR) is 72.3 cm³/mol. The highest BCUT2D eigenvalue weighted by Gasteiger charge is 2.33. The summed E-state index contributed by atoms with van der Waals surface area (Å²) >= 11 is 1.33. The van der Waals surface area contributed by atoms with E-state index >= 15 is 0 Å². The van der Waals surface area contributed by atoms with Crippen molar-refractivity contribution in [1.82, 2.24) is 14.9 Å². The van der Waals surface area contributed by atoms with Crippen LogP contribution < -0.4 is 5.32 Å². The van der Waals surface area contributed by atoms with Crippen LogP contribution in [0.5, 0.6) is 0 Å². The number of rotatable bonds is 4. The SMILES string of the molecule is CNC(c1csnn1)C1CCCC(S(C)(=O)=O)C1. The zero-order valence-electron chi connectivity index (χ0n) is 10.7. The van der Waals surface area contributed by atoms with Gasteiger partial charge in [0, 0.05) is 11.6 Å². The molecule has 0 radical (unpaired) electrons. The molecule has 3 unspecified atom stereocenters. The molecule has 5 nitrogen and oxygen atoms in total. The fourth-order valence-corrected chi connectivity index (χ4v) is 4.49. The van der Waals surface area contributed by atoms with Gasteiger partial charge in [0.1, 0.15) is 9.84 Å². The smallest absolute Gasteiger partial charge is 0.150 e. The van der Waals surface area contributed by atoms with E-state index in [0.717, 1.165) is 31.4 Å². The van der Waals surface area contributed by atoms with Gasteiger partial charge in [0.05, 0.1) is 17.0 Å². The maximum Gasteiger partial charge on any atom is 0.150 e. The Hall–Kier alpha value is -0.530. The Morgan fingerprint density at radius 2 is 2.28 bits per heavy atom. The second-order valence-corrected chi connectivity index (χ2v) is 7.91. The van der Waals surface area contributed by atoms with Crippen LogP contribution in [-0.4, -0.2) is 36.6 Å². The summed E-state index contributed by atoms with van der Waals surface area (Å²) in [7, 11) is -1.03. The number of hydrogen-bond donors (Lipinski definition) is 1. The molecule has 1 fully saturated rings. The van der Waals surface area contributed by atoms with Gasteiger partial charge < -0.3 is 5.32 Å². The first-order valence-corrected chi connectivity index (χ1v) is 8.94. The predicted octanol–water partition coefficient (Wildman–Crippen LogP) is 1.40. The summed E-state index contributed by atoms with van der Waals surface area (Å²) in [6.07, 6.45) is 4.88. The highest BCUT2D eigenvalue weighted by molar-refractivity contribution is 7.91. The normalized spacial score (nSPS) is 27.0. The third-order valence-corrected chi connectivity index (χ3v) is 5.91. The molecule has 1 aliphatic rings. The lowest BCUT2D eigenvalue weighted by molar-refractivity contribution is 0.279. The highest BCUT2D eigenvalue weighted by atomic mass is 32.2. The van der Waals surface area contributed by atoms with Crippen molar-refractivity contribution in [3.8, 4) is 0 Å². The molecule has 0 aliphatic heterocycles. The number of aromatic nitrogens is 2. The molecule has 2 rings (SSSR count). The van der Waals surface area contributed by atoms with Crippen LogP contribution in [0.4, 0.5) is 0 Å². The summed E-state index contributed by atoms with van der Waals surface area (Å²) in [6, 6.07) is 0.119. The lowest BCUT2D eigenvalue weighted by atomic mass is 9.82. The summed E-state index contributed by atoms with van der Waals surface area (Å²) in [5.41, 5.74) is 0.932. The second kappa shape index (κ2) is 5.63. The molecule has 1 aromatic rings. The van der Waals surface area contributed by atoms with Crippen LogP contribution in [-0.2, 0) is 9.84 Å². The van der Waals surface area contributed by atoms with Gasteiger partial charge in [0.15, 0.2) is 0 Å². The lowest BCUT2D eigenvalue weighted by Crippen LogP contribution is -2.34. The standard InChI is InChI=1S/C11H19N3O2S2/c1-12-11(10-7-17-14-13-10)8-4-3-5-9(6-8)18(2,15)16/h7-9,11-12H,3-6H2,1-2H3. The van der Waals surface area contributed by atoms with Crippen LogP contribution >= 0.6 is 11.5 Å². The van der Waals surface area contributed by atoms with Crippen molar-refractivity contribution >= 4 is 21.4 Å². The van der Waals surface area contributed by atoms with Crippen LogP contribution in [0.2, 0.25) is 0 Å². The number of nitrogens with zero attached hydrogens (tertiary/aromatic N) is 2. The highest BCUT2D eigenvalue weighted by Crippen LogP contribution is 2.36. The summed E-state index contributed by atoms with van der Waals surface area (Å²) in [5.74, 6) is 0.326. The van der Waals surface area contributed by atoms with Gasteiger partial charge in [-0.2, -0.15) is 0 Å². The fourth-order valence-electron chi connectivity index (χ4n) is 2.81. The van der Waals surface area contributed by atoms with E-state index in [4.69, 9.17) is 0 Å². The van der Waals surface area contributed by atoms with E-state index in [-0.39, 0.29) is 11.3 Å². The van der Waals surface area contributed by atoms with E-state index in [9.17, 15) is 8.42 Å². The molecule has 7 heteroatoms. The maximum absolute atomic E-state index is 11.7. The van der Waals surface area contributed by atoms with Crippen molar-refractivity contribution in [2.75, 3.05) is 13.3 Å². The van der Waals surface area contributed by atoms with Crippen molar-refractivity contribution < 1.29 is 8.42 Å². The van der Waals surface area contributed by atoms with Gasteiger partial charge in [0.2, 0.25) is 0 Å². The molecule has 1 saturated carbocycles. The Bertz CT molecular complexity index is 472. The molecule has 1 aliphatic carbocycles. The largest absolute Gasteiger partial charge is 0.311 e. The summed E-state index contributed by atoms with van der Waals surface area (Å²) in [6.45, 7) is 0. The Morgan fingerprint density at radius 3 is 2.83 bits per heavy atom. The van der Waals surface area contributed by atoms with E-state index in [0.29, 0.717) is 5.92 Å². The van der Waals surface area contributed by atoms with Gasteiger partial charge in [0.25, 0.3) is 0 Å². The van der Waals surface area contributed by atoms with E-state index in [1.54, 1.807) is 0 Å². The first kappa shape index (κ1) is 13.9. The minimum Gasteiger partial charge on any atom is -0.311 e. The van der Waals surface area contributed by atoms with Crippen molar-refractivity contribution in [2.24, 2.45) is 5.92 Å². The molecule has 102 valence electrons. The maximum atomic E-state index is 11.7. The molecule has 18 heavy (non-hydrogen) atoms. The van der Waals surface area contributed by atoms with Crippen LogP contribution in [0.25, 0.3) is 0 Å². The topological polar surface area (TPSA) is 72.0 Å². The molecule has 0 aromatic carbocycles. The van der Waals surface area contributed by atoms with Crippen LogP contribution in [0.3, 0.4) is 0 Å². The van der Waals surface area contributed by atoms with Gasteiger partial charge in [-0.25, -0.2) is 8.42 Å². The van der Waals surface area contributed by atoms with Crippen LogP contribution in [0.1, 0.15) is 37.4 Å². The van der Waals surface area contributed by atoms with Crippen molar-refractivity contribution in [2.45, 2.75) is 37.0 Å². The quantitative estimate of drug-likeness (QED) is 0.907. The van der Waals surface area contributed by atoms with E-state index in [2.05, 4.69) is 14.9 Å². The summed E-state index contributed by atoms with van der Waals surface area (Å²) in [4.78, 5) is 0. The van der Waals surface area contributed by atoms with E-state index in [1.807, 2.05) is 12.4 Å². The molecule has 3 atom stereocenters. The first-order chi connectivity index (χ1) is 8.52. The number of hydrogen-bond acceptors (Lipinski definition) is 6. The van der Waals surface area contributed by atoms with Crippen molar-refractivity contribution in [3.63, 3.8) is 0 Å². The van der Waals surface area contributed by atoms with Crippen LogP contribution in [0.15, 0.2) is 5.38 Å². The number of nitrogens with one attached hydrogen (secondary N) is 1. The molecule has 0 bridgehead atoms. The van der Waals surface area contributed by atoms with Crippen molar-refractivity contribution in [3.05, 3.63) is 11.1 Å². The molecule has 1 N–H and O–H groups in total. The van der Waals surface area contributed by atoms with Gasteiger partial charge in [-0.3, -0.25) is 0 Å². The Balaban J connectivity index is 2.12. The molecular weight excluding hydrogens is 270 g/mol. The molecule has 1 aromatic heterocycles. The summed E-state index contributed by atoms with van der Waals surface area (Å²) < 4.78 is 27.3. The van der Waals surface area contributed by atoms with E-state index < -0.39 is 9.84 Å². The minimum atomic E-state index is -2.93. The average Bonchev–Trinajstić information content (AvgIpc) is 2.83. The molecule has 0 spiro atoms. The zero-order chi connectivity index (χ0) is 13.2. The van der Waals surface area contributed by atoms with Crippen molar-refractivity contribution in [1.29, 1.82) is 0 Å². The third-order valence-electron chi connectivity index (χ3n) is 3.75. The first-order valence-electron chi connectivity index (χ1n) is 6.15. The number of sulfone groups is 1. The molecule has 0 saturated heterocycles. The Labute approximate surface area is 112 Å². The fraction of sp³-hybridized carbons (Fsp3) is 0.818. The monoisotopic (exact) mass is 289 g/mol. The van der Waals surface area contributed by atoms with Gasteiger partial charge in [-0.15, -0.1) is 5.10 Å². The van der Waals surface area contributed by atoms with Gasteiger partial charge in [-0.05, 0) is 43.8 Å². The second-order valence-electron chi connectivity index (χ2n) is 4.97. The third kappa shape index (κ3) is 3.07. The van der Waals surface area contributed by atoms with Gasteiger partial charge in [-0.1, -0.05) is 10.9 Å². The Kier molecular flexibility index (Phi) is 4.34. The van der Waals surface area contributed by atoms with Gasteiger partial charge >= 0.3 is 0 Å². The molecular formula is C11H19N3O2S2. The van der Waals surface area contributed by atoms with E-state index in [1.165, 1.54) is 17.8 Å². The zero-order valence-corrected chi connectivity index (χ0v) is 12.3. The Morgan fingerprint density at radius 1 is 1.50 bits per heavy atom. The van der Waals surface area contributed by atoms with Crippen LogP contribution in [0, 0.1) is 5.92 Å².